The molecule has 244 valence electrons. The molecule has 1 saturated heterocycles. The van der Waals surface area contributed by atoms with Crippen molar-refractivity contribution >= 4 is 18.0 Å². The van der Waals surface area contributed by atoms with Crippen molar-refractivity contribution in [3.63, 3.8) is 0 Å². The molecule has 0 radical (unpaired) electrons. The first kappa shape index (κ1) is 31.0. The Morgan fingerprint density at radius 2 is 1.85 bits per heavy atom. The van der Waals surface area contributed by atoms with Gasteiger partial charge in [0.05, 0.1) is 5.60 Å². The lowest BCUT2D eigenvalue weighted by Gasteiger charge is -2.56. The number of hydrogen-bond donors (Lipinski definition) is 1. The van der Waals surface area contributed by atoms with Crippen LogP contribution >= 0.6 is 0 Å². The van der Waals surface area contributed by atoms with Crippen LogP contribution in [-0.2, 0) is 25.5 Å². The maximum Gasteiger partial charge on any atom is 0.298 e. The van der Waals surface area contributed by atoms with Crippen molar-refractivity contribution in [1.29, 1.82) is 0 Å². The fourth-order valence-corrected chi connectivity index (χ4v) is 9.68. The van der Waals surface area contributed by atoms with Gasteiger partial charge in [-0.05, 0) is 92.6 Å². The number of rotatable bonds is 7. The van der Waals surface area contributed by atoms with Crippen LogP contribution in [0, 0.1) is 17.8 Å². The van der Waals surface area contributed by atoms with Crippen LogP contribution in [0.15, 0.2) is 47.3 Å². The Hall–Kier alpha value is -3.65. The minimum Gasteiger partial charge on any atom is -0.507 e. The van der Waals surface area contributed by atoms with Crippen LogP contribution in [0.3, 0.4) is 0 Å². The number of aromatic hydroxyl groups is 1. The highest BCUT2D eigenvalue weighted by molar-refractivity contribution is 6.18. The van der Waals surface area contributed by atoms with Crippen LogP contribution < -0.4 is 9.47 Å². The van der Waals surface area contributed by atoms with Crippen LogP contribution in [0.4, 0.5) is 0 Å². The molecule has 3 heterocycles. The van der Waals surface area contributed by atoms with Crippen molar-refractivity contribution in [1.82, 2.24) is 0 Å². The Kier molecular flexibility index (Phi) is 6.68. The quantitative estimate of drug-likeness (QED) is 0.196. The van der Waals surface area contributed by atoms with Gasteiger partial charge in [-0.15, -0.1) is 0 Å². The van der Waals surface area contributed by atoms with Crippen LogP contribution in [0.25, 0.3) is 0 Å². The van der Waals surface area contributed by atoms with Crippen molar-refractivity contribution in [2.75, 3.05) is 0 Å². The maximum atomic E-state index is 15.0. The third-order valence-electron chi connectivity index (χ3n) is 11.7. The van der Waals surface area contributed by atoms with Gasteiger partial charge in [-0.3, -0.25) is 14.4 Å². The third-order valence-corrected chi connectivity index (χ3v) is 11.7. The average molecular weight is 629 g/mol. The summed E-state index contributed by atoms with van der Waals surface area (Å²) in [6, 6.07) is 0. The molecule has 1 N–H and O–H groups in total. The van der Waals surface area contributed by atoms with Gasteiger partial charge in [0.2, 0.25) is 0 Å². The molecular formula is C38H44O8. The summed E-state index contributed by atoms with van der Waals surface area (Å²) >= 11 is 0. The number of fused-ring (bicyclic) bond motifs is 5. The van der Waals surface area contributed by atoms with Crippen molar-refractivity contribution in [3.8, 4) is 17.2 Å². The molecule has 7 aliphatic rings. The predicted octanol–water partition coefficient (Wildman–Crippen LogP) is 6.99. The number of benzene rings is 1. The molecule has 6 bridgehead atoms. The van der Waals surface area contributed by atoms with E-state index in [1.54, 1.807) is 19.1 Å². The zero-order chi connectivity index (χ0) is 33.1. The van der Waals surface area contributed by atoms with E-state index in [1.165, 1.54) is 0 Å². The molecule has 4 aliphatic carbocycles. The van der Waals surface area contributed by atoms with Gasteiger partial charge in [-0.2, -0.15) is 0 Å². The fourth-order valence-electron chi connectivity index (χ4n) is 9.68. The summed E-state index contributed by atoms with van der Waals surface area (Å²) in [6.07, 6.45) is 8.89. The minimum absolute atomic E-state index is 0.0546. The van der Waals surface area contributed by atoms with Crippen molar-refractivity contribution < 1.29 is 38.4 Å². The Morgan fingerprint density at radius 3 is 2.52 bits per heavy atom. The molecular weight excluding hydrogens is 584 g/mol. The highest BCUT2D eigenvalue weighted by Gasteiger charge is 2.81. The summed E-state index contributed by atoms with van der Waals surface area (Å²) in [5, 5.41) is 12.2. The number of carbonyl (C=O) groups excluding carboxylic acids is 3. The number of phenols is 1. The van der Waals surface area contributed by atoms with Gasteiger partial charge in [-0.1, -0.05) is 29.9 Å². The molecule has 4 unspecified atom stereocenters. The lowest BCUT2D eigenvalue weighted by atomic mass is 9.51. The standard InChI is InChI=1S/C38H44O8/c1-19(2)9-10-24-32-28(25-17-36(8,44-32)13-12-23(25)20(3)4)31(41)29-30(40)26-15-22-16-27-35(6,7)46-37(34(22)42,14-11-21(5)43-18-39)38(26,27)45-33(24)29/h9,11,15,18,22-23,25,27,41H,3,10,12-14,16-17H2,1-2,4-8H3/b21-11-/t22?,23-,25?,27?,36-,37?,38+/m0/s1. The van der Waals surface area contributed by atoms with Gasteiger partial charge < -0.3 is 24.1 Å². The molecule has 3 aliphatic heterocycles. The topological polar surface area (TPSA) is 108 Å². The molecule has 2 saturated carbocycles. The van der Waals surface area contributed by atoms with E-state index in [0.29, 0.717) is 53.9 Å². The lowest BCUT2D eigenvalue weighted by molar-refractivity contribution is -0.171. The van der Waals surface area contributed by atoms with Crippen molar-refractivity contribution in [3.05, 3.63) is 64.0 Å². The number of Topliss-reactive ketones (excluding diaryl/α,β-unsaturated/α-hetero) is 2. The Morgan fingerprint density at radius 1 is 1.11 bits per heavy atom. The summed E-state index contributed by atoms with van der Waals surface area (Å²) in [7, 11) is 0. The molecule has 1 spiro atoms. The zero-order valence-electron chi connectivity index (χ0n) is 27.9. The van der Waals surface area contributed by atoms with Gasteiger partial charge in [0.25, 0.3) is 6.47 Å². The maximum absolute atomic E-state index is 15.0. The van der Waals surface area contributed by atoms with Crippen LogP contribution in [0.5, 0.6) is 17.2 Å². The SMILES string of the molecule is C=C(C)[C@@H]1CC[C@@]2(C)CC1c1c(O)c3c(c(CC=C(C)C)c1O2)O[C@]12C(=CC4CC1C(C)(C)OC2(C/C=C(/C)OC=O)C4=O)C3=O. The average Bonchev–Trinajstić information content (AvgIpc) is 3.12. The van der Waals surface area contributed by atoms with E-state index in [1.807, 2.05) is 34.6 Å². The Labute approximate surface area is 270 Å². The largest absolute Gasteiger partial charge is 0.507 e. The van der Waals surface area contributed by atoms with Crippen molar-refractivity contribution in [2.45, 2.75) is 115 Å². The third kappa shape index (κ3) is 3.91. The lowest BCUT2D eigenvalue weighted by Crippen LogP contribution is -2.72. The van der Waals surface area contributed by atoms with Crippen molar-refractivity contribution in [2.24, 2.45) is 17.8 Å². The molecule has 3 fully saturated rings. The molecule has 0 aromatic heterocycles. The molecule has 46 heavy (non-hydrogen) atoms. The number of ketones is 2. The van der Waals surface area contributed by atoms with E-state index >= 15 is 0 Å². The number of phenolic OH excluding ortho intramolecular Hbond substituents is 1. The van der Waals surface area contributed by atoms with Gasteiger partial charge in [0.15, 0.2) is 22.8 Å². The smallest absolute Gasteiger partial charge is 0.298 e. The number of hydrogen-bond acceptors (Lipinski definition) is 8. The number of ether oxygens (including phenoxy) is 4. The van der Waals surface area contributed by atoms with E-state index in [2.05, 4.69) is 19.6 Å². The highest BCUT2D eigenvalue weighted by atomic mass is 16.6. The predicted molar refractivity (Wildman–Crippen MR) is 171 cm³/mol. The van der Waals surface area contributed by atoms with E-state index in [-0.39, 0.29) is 52.8 Å². The number of allylic oxidation sites excluding steroid dienone is 5. The van der Waals surface area contributed by atoms with Gasteiger partial charge >= 0.3 is 0 Å². The molecule has 8 nitrogen and oxygen atoms in total. The van der Waals surface area contributed by atoms with E-state index in [9.17, 15) is 19.5 Å². The second kappa shape index (κ2) is 9.93. The molecule has 1 aromatic rings. The summed E-state index contributed by atoms with van der Waals surface area (Å²) in [4.78, 5) is 40.4. The van der Waals surface area contributed by atoms with Gasteiger partial charge in [0, 0.05) is 40.9 Å². The van der Waals surface area contributed by atoms with E-state index in [0.717, 1.165) is 24.0 Å². The summed E-state index contributed by atoms with van der Waals surface area (Å²) < 4.78 is 26.0. The Bertz CT molecular complexity index is 1700. The molecule has 0 amide bonds. The second-order valence-corrected chi connectivity index (χ2v) is 15.4. The normalized spacial score (nSPS) is 36.0. The fraction of sp³-hybridized carbons (Fsp3) is 0.553. The first-order valence-corrected chi connectivity index (χ1v) is 16.5. The summed E-state index contributed by atoms with van der Waals surface area (Å²) in [5.41, 5.74) is -0.259. The first-order valence-electron chi connectivity index (χ1n) is 16.5. The molecule has 7 atom stereocenters. The highest BCUT2D eigenvalue weighted by Crippen LogP contribution is 2.69. The zero-order valence-corrected chi connectivity index (χ0v) is 27.9. The number of carbonyl (C=O) groups is 3. The molecule has 8 heteroatoms. The summed E-state index contributed by atoms with van der Waals surface area (Å²) in [5.74, 6) is -0.231. The van der Waals surface area contributed by atoms with E-state index < -0.39 is 28.3 Å². The molecule has 1 aromatic carbocycles. The first-order chi connectivity index (χ1) is 21.6. The Balaban J connectivity index is 1.51. The van der Waals surface area contributed by atoms with E-state index in [4.69, 9.17) is 18.9 Å². The van der Waals surface area contributed by atoms with Crippen LogP contribution in [0.2, 0.25) is 0 Å². The van der Waals surface area contributed by atoms with Crippen LogP contribution in [-0.4, -0.2) is 45.5 Å². The minimum atomic E-state index is -1.54. The summed E-state index contributed by atoms with van der Waals surface area (Å²) in [6.45, 7) is 18.4. The second-order valence-electron chi connectivity index (χ2n) is 15.4. The van der Waals surface area contributed by atoms with Gasteiger partial charge in [-0.25, -0.2) is 0 Å². The molecule has 8 rings (SSSR count). The monoisotopic (exact) mass is 628 g/mol. The van der Waals surface area contributed by atoms with Crippen LogP contribution in [0.1, 0.15) is 108 Å². The van der Waals surface area contributed by atoms with Gasteiger partial charge in [0.1, 0.15) is 34.2 Å².